The van der Waals surface area contributed by atoms with Crippen molar-refractivity contribution in [1.29, 1.82) is 5.26 Å². The molecule has 0 saturated carbocycles. The lowest BCUT2D eigenvalue weighted by molar-refractivity contribution is 0.192. The van der Waals surface area contributed by atoms with Crippen molar-refractivity contribution in [1.82, 2.24) is 14.4 Å². The molecule has 6 heteroatoms. The molecule has 0 bridgehead atoms. The number of hydrogen-bond donors (Lipinski definition) is 1. The van der Waals surface area contributed by atoms with Gasteiger partial charge in [0.1, 0.15) is 11.0 Å². The van der Waals surface area contributed by atoms with Crippen molar-refractivity contribution in [3.63, 3.8) is 0 Å². The zero-order valence-corrected chi connectivity index (χ0v) is 18.7. The van der Waals surface area contributed by atoms with Crippen LogP contribution >= 0.6 is 11.9 Å². The number of aromatic nitrogens is 1. The Hall–Kier alpha value is -2.72. The van der Waals surface area contributed by atoms with Gasteiger partial charge in [0.15, 0.2) is 0 Å². The first-order valence-corrected chi connectivity index (χ1v) is 10.9. The van der Waals surface area contributed by atoms with Crippen molar-refractivity contribution in [3.05, 3.63) is 63.1 Å². The van der Waals surface area contributed by atoms with Gasteiger partial charge in [0.05, 0.1) is 0 Å². The third-order valence-corrected chi connectivity index (χ3v) is 6.05. The van der Waals surface area contributed by atoms with Crippen LogP contribution < -0.4 is 15.6 Å². The molecule has 2 heterocycles. The Morgan fingerprint density at radius 1 is 1.17 bits per heavy atom. The largest absolute Gasteiger partial charge is 0.369 e. The second-order valence-corrected chi connectivity index (χ2v) is 8.18. The number of likely N-dealkylation sites (N-methyl/N-ethyl adjacent to an activating group) is 1. The summed E-state index contributed by atoms with van der Waals surface area (Å²) in [6.45, 7) is 10.6. The van der Waals surface area contributed by atoms with E-state index in [9.17, 15) is 0 Å². The number of piperazine rings is 1. The Bertz CT molecular complexity index is 1110. The van der Waals surface area contributed by atoms with Gasteiger partial charge >= 0.3 is 0 Å². The van der Waals surface area contributed by atoms with E-state index in [0.717, 1.165) is 65.5 Å². The molecule has 5 nitrogen and oxygen atoms in total. The monoisotopic (exact) mass is 419 g/mol. The molecule has 1 saturated heterocycles. The molecular formula is C24H29N5S. The minimum Gasteiger partial charge on any atom is -0.369 e. The van der Waals surface area contributed by atoms with Crippen LogP contribution in [0.4, 0.5) is 0 Å². The van der Waals surface area contributed by atoms with Crippen LogP contribution in [0.25, 0.3) is 30.0 Å². The molecule has 0 spiro atoms. The summed E-state index contributed by atoms with van der Waals surface area (Å²) >= 11 is 0.963. The summed E-state index contributed by atoms with van der Waals surface area (Å²) in [5.41, 5.74) is 4.35. The Morgan fingerprint density at radius 3 is 2.50 bits per heavy atom. The van der Waals surface area contributed by atoms with Crippen LogP contribution in [0, 0.1) is 11.3 Å². The number of benzene rings is 1. The van der Waals surface area contributed by atoms with Crippen LogP contribution in [-0.4, -0.2) is 47.6 Å². The SMILES string of the molecule is C=c1cc(-c2ccc(/C=C(\C#N)SN)n2C)cc/c1=C/C(=C\C)N1CCN(C)CC1. The highest BCUT2D eigenvalue weighted by molar-refractivity contribution is 8.01. The van der Waals surface area contributed by atoms with Crippen LogP contribution in [0.15, 0.2) is 47.0 Å². The first kappa shape index (κ1) is 22.0. The van der Waals surface area contributed by atoms with Crippen LogP contribution in [-0.2, 0) is 7.05 Å². The lowest BCUT2D eigenvalue weighted by Crippen LogP contribution is -2.43. The van der Waals surface area contributed by atoms with Crippen molar-refractivity contribution < 1.29 is 0 Å². The zero-order valence-electron chi connectivity index (χ0n) is 17.9. The summed E-state index contributed by atoms with van der Waals surface area (Å²) in [5.74, 6) is 0. The van der Waals surface area contributed by atoms with E-state index in [2.05, 4.69) is 77.4 Å². The quantitative estimate of drug-likeness (QED) is 0.596. The van der Waals surface area contributed by atoms with Gasteiger partial charge in [0.25, 0.3) is 0 Å². The van der Waals surface area contributed by atoms with Gasteiger partial charge in [-0.2, -0.15) is 5.26 Å². The molecule has 1 aliphatic rings. The van der Waals surface area contributed by atoms with Gasteiger partial charge in [-0.15, -0.1) is 0 Å². The first-order chi connectivity index (χ1) is 14.5. The topological polar surface area (TPSA) is 61.2 Å². The molecule has 1 aromatic heterocycles. The van der Waals surface area contributed by atoms with Crippen LogP contribution in [0.1, 0.15) is 12.6 Å². The van der Waals surface area contributed by atoms with E-state index in [0.29, 0.717) is 4.91 Å². The number of allylic oxidation sites excluding steroid dienone is 3. The number of nitrogens with zero attached hydrogens (tertiary/aromatic N) is 4. The molecular weight excluding hydrogens is 390 g/mol. The highest BCUT2D eigenvalue weighted by Gasteiger charge is 2.14. The highest BCUT2D eigenvalue weighted by atomic mass is 32.2. The average molecular weight is 420 g/mol. The smallest absolute Gasteiger partial charge is 0.108 e. The van der Waals surface area contributed by atoms with Crippen molar-refractivity contribution >= 4 is 30.7 Å². The molecule has 1 fully saturated rings. The molecule has 0 atom stereocenters. The summed E-state index contributed by atoms with van der Waals surface area (Å²) in [6, 6.07) is 12.5. The van der Waals surface area contributed by atoms with E-state index in [1.165, 1.54) is 5.70 Å². The first-order valence-electron chi connectivity index (χ1n) is 10.0. The van der Waals surface area contributed by atoms with Gasteiger partial charge in [-0.25, -0.2) is 0 Å². The van der Waals surface area contributed by atoms with Crippen molar-refractivity contribution in [3.8, 4) is 17.3 Å². The molecule has 3 rings (SSSR count). The third-order valence-electron chi connectivity index (χ3n) is 5.58. The predicted molar refractivity (Wildman–Crippen MR) is 128 cm³/mol. The normalized spacial score (nSPS) is 16.8. The zero-order chi connectivity index (χ0) is 21.7. The summed E-state index contributed by atoms with van der Waals surface area (Å²) < 4.78 is 2.06. The number of rotatable bonds is 5. The molecule has 0 radical (unpaired) electrons. The standard InChI is InChI=1S/C24H29N5S/c1-5-21(29-12-10-27(3)11-13-29)15-19-6-7-20(14-18(19)2)24-9-8-22(28(24)4)16-23(17-25)30-26/h5-9,14-16H,2,10-13,26H2,1,3-4H3/b19-15-,21-5+,23-16+. The van der Waals surface area contributed by atoms with Crippen molar-refractivity contribution in [2.75, 3.05) is 33.2 Å². The number of nitriles is 1. The molecule has 156 valence electrons. The molecule has 0 unspecified atom stereocenters. The molecule has 2 N–H and O–H groups in total. The maximum atomic E-state index is 9.12. The molecule has 1 aliphatic heterocycles. The lowest BCUT2D eigenvalue weighted by Gasteiger charge is -2.34. The van der Waals surface area contributed by atoms with Gasteiger partial charge in [0.2, 0.25) is 0 Å². The Morgan fingerprint density at radius 2 is 1.90 bits per heavy atom. The fourth-order valence-corrected chi connectivity index (χ4v) is 3.92. The highest BCUT2D eigenvalue weighted by Crippen LogP contribution is 2.22. The van der Waals surface area contributed by atoms with Crippen molar-refractivity contribution in [2.45, 2.75) is 6.92 Å². The van der Waals surface area contributed by atoms with E-state index >= 15 is 0 Å². The van der Waals surface area contributed by atoms with Gasteiger partial charge in [0, 0.05) is 50.3 Å². The fraction of sp³-hybridized carbons (Fsp3) is 0.292. The van der Waals surface area contributed by atoms with Gasteiger partial charge in [-0.3, -0.25) is 5.14 Å². The molecule has 30 heavy (non-hydrogen) atoms. The fourth-order valence-electron chi connectivity index (χ4n) is 3.68. The minimum atomic E-state index is 0.480. The summed E-state index contributed by atoms with van der Waals surface area (Å²) in [5, 5.41) is 16.8. The Kier molecular flexibility index (Phi) is 7.22. The second-order valence-electron chi connectivity index (χ2n) is 7.50. The maximum absolute atomic E-state index is 9.12. The average Bonchev–Trinajstić information content (AvgIpc) is 3.12. The van der Waals surface area contributed by atoms with Crippen LogP contribution in [0.3, 0.4) is 0 Å². The van der Waals surface area contributed by atoms with E-state index in [-0.39, 0.29) is 0 Å². The predicted octanol–water partition coefficient (Wildman–Crippen LogP) is 2.51. The summed E-state index contributed by atoms with van der Waals surface area (Å²) in [6.07, 6.45) is 6.21. The van der Waals surface area contributed by atoms with E-state index in [1.54, 1.807) is 6.08 Å². The third kappa shape index (κ3) is 4.88. The molecule has 0 amide bonds. The van der Waals surface area contributed by atoms with E-state index in [4.69, 9.17) is 10.4 Å². The van der Waals surface area contributed by atoms with Gasteiger partial charge in [-0.05, 0) is 72.3 Å². The lowest BCUT2D eigenvalue weighted by atomic mass is 10.1. The van der Waals surface area contributed by atoms with E-state index < -0.39 is 0 Å². The molecule has 2 aromatic rings. The summed E-state index contributed by atoms with van der Waals surface area (Å²) in [4.78, 5) is 5.28. The maximum Gasteiger partial charge on any atom is 0.108 e. The number of hydrogen-bond acceptors (Lipinski definition) is 5. The van der Waals surface area contributed by atoms with Gasteiger partial charge < -0.3 is 14.4 Å². The van der Waals surface area contributed by atoms with Crippen molar-refractivity contribution in [2.24, 2.45) is 12.2 Å². The second kappa shape index (κ2) is 9.86. The Balaban J connectivity index is 1.90. The Labute approximate surface area is 183 Å². The van der Waals surface area contributed by atoms with Crippen LogP contribution in [0.5, 0.6) is 0 Å². The molecule has 1 aromatic carbocycles. The van der Waals surface area contributed by atoms with E-state index in [1.807, 2.05) is 13.1 Å². The number of nitrogens with two attached hydrogens (primary N) is 1. The van der Waals surface area contributed by atoms with Crippen LogP contribution in [0.2, 0.25) is 0 Å². The molecule has 0 aliphatic carbocycles. The van der Waals surface area contributed by atoms with Gasteiger partial charge in [-0.1, -0.05) is 24.8 Å². The summed E-state index contributed by atoms with van der Waals surface area (Å²) in [7, 11) is 4.16. The minimum absolute atomic E-state index is 0.480.